The van der Waals surface area contributed by atoms with Gasteiger partial charge in [0.2, 0.25) is 17.7 Å². The molecule has 0 unspecified atom stereocenters. The van der Waals surface area contributed by atoms with Crippen molar-refractivity contribution >= 4 is 45.8 Å². The minimum Gasteiger partial charge on any atom is -0.426 e. The highest BCUT2D eigenvalue weighted by molar-refractivity contribution is 6.23. The summed E-state index contributed by atoms with van der Waals surface area (Å²) in [5, 5.41) is 1.99. The van der Waals surface area contributed by atoms with Crippen molar-refractivity contribution in [1.82, 2.24) is 0 Å². The van der Waals surface area contributed by atoms with Gasteiger partial charge >= 0.3 is 5.97 Å². The third-order valence-electron chi connectivity index (χ3n) is 8.61. The number of amides is 3. The van der Waals surface area contributed by atoms with E-state index in [1.54, 1.807) is 30.0 Å². The van der Waals surface area contributed by atoms with E-state index in [0.29, 0.717) is 17.0 Å². The van der Waals surface area contributed by atoms with Gasteiger partial charge in [-0.15, -0.1) is 0 Å². The second-order valence-electron chi connectivity index (χ2n) is 10.8. The summed E-state index contributed by atoms with van der Waals surface area (Å²) < 4.78 is 5.67. The van der Waals surface area contributed by atoms with Gasteiger partial charge in [0.15, 0.2) is 0 Å². The monoisotopic (exact) mass is 506 g/mol. The van der Waals surface area contributed by atoms with Crippen LogP contribution in [0.25, 0.3) is 10.8 Å². The highest BCUT2D eigenvalue weighted by Gasteiger charge is 2.59. The van der Waals surface area contributed by atoms with Gasteiger partial charge < -0.3 is 9.64 Å². The van der Waals surface area contributed by atoms with Crippen LogP contribution in [0.3, 0.4) is 0 Å². The predicted molar refractivity (Wildman–Crippen MR) is 141 cm³/mol. The Hall–Kier alpha value is -4.26. The number of carbonyl (C=O) groups is 4. The second kappa shape index (κ2) is 8.38. The zero-order valence-electron chi connectivity index (χ0n) is 20.9. The molecule has 1 saturated carbocycles. The Bertz CT molecular complexity index is 1540. The van der Waals surface area contributed by atoms with Gasteiger partial charge in [-0.25, -0.2) is 4.90 Å². The highest BCUT2D eigenvalue weighted by atomic mass is 16.5. The Kier molecular flexibility index (Phi) is 5.05. The Balaban J connectivity index is 1.07. The van der Waals surface area contributed by atoms with Crippen LogP contribution >= 0.6 is 0 Å². The molecule has 7 rings (SSSR count). The Labute approximate surface area is 219 Å². The molecule has 7 nitrogen and oxygen atoms in total. The van der Waals surface area contributed by atoms with E-state index in [1.807, 2.05) is 42.5 Å². The molecule has 3 aromatic carbocycles. The highest BCUT2D eigenvalue weighted by Crippen LogP contribution is 2.53. The fourth-order valence-corrected chi connectivity index (χ4v) is 6.82. The van der Waals surface area contributed by atoms with Crippen LogP contribution in [0.4, 0.5) is 11.4 Å². The zero-order valence-corrected chi connectivity index (χ0v) is 20.9. The Morgan fingerprint density at radius 2 is 1.58 bits per heavy atom. The average molecular weight is 507 g/mol. The number of esters is 1. The lowest BCUT2D eigenvalue weighted by atomic mass is 9.85. The summed E-state index contributed by atoms with van der Waals surface area (Å²) in [5.74, 6) is -1.36. The Morgan fingerprint density at radius 3 is 2.32 bits per heavy atom. The molecule has 190 valence electrons. The number of imide groups is 1. The van der Waals surface area contributed by atoms with Crippen molar-refractivity contribution in [3.63, 3.8) is 0 Å². The van der Waals surface area contributed by atoms with Crippen molar-refractivity contribution in [3.8, 4) is 5.75 Å². The van der Waals surface area contributed by atoms with Crippen LogP contribution in [0, 0.1) is 36.5 Å². The van der Waals surface area contributed by atoms with Crippen LogP contribution in [0.5, 0.6) is 5.75 Å². The number of fused-ring (bicyclic) bond motifs is 6. The first-order chi connectivity index (χ1) is 18.4. The molecule has 7 heteroatoms. The number of carbonyl (C=O) groups excluding carboxylic acids is 4. The third kappa shape index (κ3) is 3.34. The summed E-state index contributed by atoms with van der Waals surface area (Å²) in [4.78, 5) is 55.3. The summed E-state index contributed by atoms with van der Waals surface area (Å²) in [5.41, 5.74) is 2.00. The van der Waals surface area contributed by atoms with Gasteiger partial charge in [-0.05, 0) is 60.4 Å². The standard InChI is InChI=1S/C31H26N2O5/c1-17-13-22(11-12-24(17)33-29(35)27-19-9-10-20(14-19)28(27)30(33)36)38-31(37)21-15-26(34)32(16-21)25-8-4-6-18-5-2-3-7-23(18)25/h2-13,19-21,27-28H,14-16H2,1H3/t19-,20-,21+,27-,28-/m0/s1. The number of nitrogens with zero attached hydrogens (tertiary/aromatic N) is 2. The first kappa shape index (κ1) is 22.9. The minimum absolute atomic E-state index is 0.0784. The number of anilines is 2. The molecule has 2 aliphatic heterocycles. The number of aryl methyl sites for hydroxylation is 1. The number of rotatable bonds is 4. The first-order valence-electron chi connectivity index (χ1n) is 13.1. The molecule has 5 atom stereocenters. The van der Waals surface area contributed by atoms with Crippen LogP contribution in [-0.4, -0.2) is 30.2 Å². The topological polar surface area (TPSA) is 84.0 Å². The van der Waals surface area contributed by atoms with Gasteiger partial charge in [-0.3, -0.25) is 19.2 Å². The van der Waals surface area contributed by atoms with E-state index in [9.17, 15) is 19.2 Å². The van der Waals surface area contributed by atoms with E-state index < -0.39 is 11.9 Å². The molecule has 2 bridgehead atoms. The maximum absolute atomic E-state index is 13.2. The molecule has 38 heavy (non-hydrogen) atoms. The number of allylic oxidation sites excluding steroid dienone is 2. The molecular weight excluding hydrogens is 480 g/mol. The van der Waals surface area contributed by atoms with Gasteiger partial charge in [-0.2, -0.15) is 0 Å². The molecule has 3 amide bonds. The average Bonchev–Trinajstić information content (AvgIpc) is 3.68. The summed E-state index contributed by atoms with van der Waals surface area (Å²) in [6.45, 7) is 2.05. The molecular formula is C31H26N2O5. The predicted octanol–water partition coefficient (Wildman–Crippen LogP) is 4.42. The second-order valence-corrected chi connectivity index (χ2v) is 10.8. The van der Waals surface area contributed by atoms with Crippen molar-refractivity contribution in [2.75, 3.05) is 16.3 Å². The van der Waals surface area contributed by atoms with Crippen LogP contribution in [-0.2, 0) is 19.2 Å². The van der Waals surface area contributed by atoms with Gasteiger partial charge in [0, 0.05) is 18.4 Å². The normalized spacial score (nSPS) is 27.6. The summed E-state index contributed by atoms with van der Waals surface area (Å²) in [6, 6.07) is 18.6. The van der Waals surface area contributed by atoms with E-state index in [2.05, 4.69) is 12.2 Å². The molecule has 0 N–H and O–H groups in total. The Morgan fingerprint density at radius 1 is 0.868 bits per heavy atom. The number of ether oxygens (including phenoxy) is 1. The van der Waals surface area contributed by atoms with E-state index in [1.165, 1.54) is 4.90 Å². The van der Waals surface area contributed by atoms with E-state index in [0.717, 1.165) is 22.9 Å². The maximum Gasteiger partial charge on any atom is 0.316 e. The molecule has 2 heterocycles. The molecule has 0 spiro atoms. The van der Waals surface area contributed by atoms with Crippen LogP contribution in [0.1, 0.15) is 18.4 Å². The van der Waals surface area contributed by atoms with E-state index in [-0.39, 0.29) is 54.4 Å². The van der Waals surface area contributed by atoms with Crippen molar-refractivity contribution < 1.29 is 23.9 Å². The molecule has 0 radical (unpaired) electrons. The van der Waals surface area contributed by atoms with Gasteiger partial charge in [0.25, 0.3) is 0 Å². The fraction of sp³-hybridized carbons (Fsp3) is 0.290. The molecule has 4 aliphatic rings. The van der Waals surface area contributed by atoms with Crippen LogP contribution < -0.4 is 14.5 Å². The fourth-order valence-electron chi connectivity index (χ4n) is 6.82. The lowest BCUT2D eigenvalue weighted by Gasteiger charge is -2.20. The smallest absolute Gasteiger partial charge is 0.316 e. The van der Waals surface area contributed by atoms with Crippen LogP contribution in [0.2, 0.25) is 0 Å². The maximum atomic E-state index is 13.2. The SMILES string of the molecule is Cc1cc(OC(=O)[C@@H]2CC(=O)N(c3cccc4ccccc34)C2)ccc1N1C(=O)[C@@H]2[C@@H](C1=O)[C@H]1C=C[C@H]2C1. The first-order valence-corrected chi connectivity index (χ1v) is 13.1. The molecule has 0 aromatic heterocycles. The summed E-state index contributed by atoms with van der Waals surface area (Å²) >= 11 is 0. The number of hydrogen-bond acceptors (Lipinski definition) is 5. The van der Waals surface area contributed by atoms with Crippen molar-refractivity contribution in [1.29, 1.82) is 0 Å². The van der Waals surface area contributed by atoms with Gasteiger partial charge in [0.1, 0.15) is 5.75 Å². The summed E-state index contributed by atoms with van der Waals surface area (Å²) in [6.07, 6.45) is 5.11. The zero-order chi connectivity index (χ0) is 26.1. The third-order valence-corrected chi connectivity index (χ3v) is 8.61. The molecule has 3 aromatic rings. The lowest BCUT2D eigenvalue weighted by molar-refractivity contribution is -0.139. The quantitative estimate of drug-likeness (QED) is 0.226. The minimum atomic E-state index is -0.592. The van der Waals surface area contributed by atoms with Crippen molar-refractivity contribution in [2.45, 2.75) is 19.8 Å². The molecule has 2 aliphatic carbocycles. The lowest BCUT2D eigenvalue weighted by Crippen LogP contribution is -2.33. The van der Waals surface area contributed by atoms with Crippen LogP contribution in [0.15, 0.2) is 72.8 Å². The molecule has 2 saturated heterocycles. The van der Waals surface area contributed by atoms with Gasteiger partial charge in [-0.1, -0.05) is 48.6 Å². The summed E-state index contributed by atoms with van der Waals surface area (Å²) in [7, 11) is 0. The van der Waals surface area contributed by atoms with Crippen molar-refractivity contribution in [3.05, 3.63) is 78.4 Å². The molecule has 3 fully saturated rings. The van der Waals surface area contributed by atoms with Crippen molar-refractivity contribution in [2.24, 2.45) is 29.6 Å². The van der Waals surface area contributed by atoms with E-state index >= 15 is 0 Å². The van der Waals surface area contributed by atoms with E-state index in [4.69, 9.17) is 4.74 Å². The number of hydrogen-bond donors (Lipinski definition) is 0. The largest absolute Gasteiger partial charge is 0.426 e. The van der Waals surface area contributed by atoms with Gasteiger partial charge in [0.05, 0.1) is 29.1 Å². The number of benzene rings is 3.